The molecule has 1 aromatic carbocycles. The Morgan fingerprint density at radius 1 is 1.46 bits per heavy atom. The summed E-state index contributed by atoms with van der Waals surface area (Å²) >= 11 is 1.64. The van der Waals surface area contributed by atoms with Crippen LogP contribution in [0.4, 0.5) is 0 Å². The number of rotatable bonds is 2. The van der Waals surface area contributed by atoms with E-state index in [2.05, 4.69) is 4.99 Å². The summed E-state index contributed by atoms with van der Waals surface area (Å²) in [5.41, 5.74) is 1.11. The molecule has 0 heterocycles. The van der Waals surface area contributed by atoms with Gasteiger partial charge in [-0.15, -0.1) is 11.8 Å². The Hall–Kier alpha value is -0.960. The largest absolute Gasteiger partial charge is 0.497 e. The van der Waals surface area contributed by atoms with Crippen LogP contribution in [0.1, 0.15) is 5.56 Å². The minimum Gasteiger partial charge on any atom is -0.497 e. The van der Waals surface area contributed by atoms with Gasteiger partial charge in [0.2, 0.25) is 0 Å². The van der Waals surface area contributed by atoms with Crippen molar-refractivity contribution in [3.63, 3.8) is 0 Å². The molecule has 1 rings (SSSR count). The normalized spacial score (nSPS) is 11.5. The summed E-state index contributed by atoms with van der Waals surface area (Å²) in [6, 6.07) is 7.91. The number of aliphatic imine (C=N–C) groups is 1. The van der Waals surface area contributed by atoms with E-state index in [9.17, 15) is 0 Å². The fourth-order valence-electron chi connectivity index (χ4n) is 1.09. The highest BCUT2D eigenvalue weighted by atomic mass is 32.2. The van der Waals surface area contributed by atoms with E-state index >= 15 is 0 Å². The molecule has 3 heteroatoms. The van der Waals surface area contributed by atoms with E-state index in [0.29, 0.717) is 0 Å². The minimum absolute atomic E-state index is 0.868. The molecule has 70 valence electrons. The second kappa shape index (κ2) is 4.92. The Kier molecular flexibility index (Phi) is 3.83. The molecule has 0 fully saturated rings. The summed E-state index contributed by atoms with van der Waals surface area (Å²) < 4.78 is 5.13. The van der Waals surface area contributed by atoms with Crippen molar-refractivity contribution in [3.8, 4) is 5.75 Å². The second-order valence-electron chi connectivity index (χ2n) is 2.46. The molecule has 0 unspecified atom stereocenters. The second-order valence-corrected chi connectivity index (χ2v) is 3.26. The fourth-order valence-corrected chi connectivity index (χ4v) is 1.64. The van der Waals surface area contributed by atoms with Crippen molar-refractivity contribution in [2.24, 2.45) is 4.99 Å². The number of methoxy groups -OCH3 is 1. The Bertz CT molecular complexity index is 310. The van der Waals surface area contributed by atoms with Crippen molar-refractivity contribution in [2.45, 2.75) is 0 Å². The number of ether oxygens (including phenoxy) is 1. The van der Waals surface area contributed by atoms with Crippen molar-refractivity contribution >= 4 is 16.8 Å². The van der Waals surface area contributed by atoms with Crippen LogP contribution in [0.2, 0.25) is 0 Å². The van der Waals surface area contributed by atoms with E-state index < -0.39 is 0 Å². The van der Waals surface area contributed by atoms with Gasteiger partial charge in [0.05, 0.1) is 12.2 Å². The quantitative estimate of drug-likeness (QED) is 0.534. The summed E-state index contributed by atoms with van der Waals surface area (Å²) in [5.74, 6) is 0.868. The van der Waals surface area contributed by atoms with Gasteiger partial charge >= 0.3 is 0 Å². The predicted molar refractivity (Wildman–Crippen MR) is 59.0 cm³/mol. The molecule has 0 saturated carbocycles. The van der Waals surface area contributed by atoms with Crippen LogP contribution < -0.4 is 4.74 Å². The highest BCUT2D eigenvalue weighted by Gasteiger charge is 2.01. The topological polar surface area (TPSA) is 21.6 Å². The van der Waals surface area contributed by atoms with Crippen LogP contribution in [0.3, 0.4) is 0 Å². The van der Waals surface area contributed by atoms with Crippen LogP contribution in [0, 0.1) is 0 Å². The lowest BCUT2D eigenvalue weighted by Crippen LogP contribution is -1.94. The molecule has 13 heavy (non-hydrogen) atoms. The first-order valence-corrected chi connectivity index (χ1v) is 5.19. The van der Waals surface area contributed by atoms with Crippen molar-refractivity contribution in [1.29, 1.82) is 0 Å². The number of hydrogen-bond acceptors (Lipinski definition) is 3. The first-order valence-electron chi connectivity index (χ1n) is 3.97. The molecule has 0 atom stereocenters. The molecule has 0 bridgehead atoms. The number of hydrogen-bond donors (Lipinski definition) is 0. The lowest BCUT2D eigenvalue weighted by Gasteiger charge is -2.04. The van der Waals surface area contributed by atoms with Gasteiger partial charge in [0, 0.05) is 12.6 Å². The van der Waals surface area contributed by atoms with E-state index in [4.69, 9.17) is 4.74 Å². The van der Waals surface area contributed by atoms with E-state index in [1.54, 1.807) is 25.9 Å². The van der Waals surface area contributed by atoms with Crippen molar-refractivity contribution in [1.82, 2.24) is 0 Å². The summed E-state index contributed by atoms with van der Waals surface area (Å²) in [7, 11) is 3.46. The Labute approximate surface area is 83.0 Å². The first-order chi connectivity index (χ1) is 6.31. The van der Waals surface area contributed by atoms with Crippen molar-refractivity contribution in [2.75, 3.05) is 20.4 Å². The average Bonchev–Trinajstić information content (AvgIpc) is 2.20. The van der Waals surface area contributed by atoms with Crippen LogP contribution in [-0.2, 0) is 0 Å². The molecule has 0 aliphatic heterocycles. The summed E-state index contributed by atoms with van der Waals surface area (Å²) in [4.78, 5) is 4.18. The summed E-state index contributed by atoms with van der Waals surface area (Å²) in [6.07, 6.45) is 2.02. The van der Waals surface area contributed by atoms with Crippen LogP contribution >= 0.6 is 11.8 Å². The third-order valence-electron chi connectivity index (χ3n) is 1.71. The molecular formula is C10H13NOS. The lowest BCUT2D eigenvalue weighted by molar-refractivity contribution is 0.414. The minimum atomic E-state index is 0.868. The number of nitrogens with zero attached hydrogens (tertiary/aromatic N) is 1. The summed E-state index contributed by atoms with van der Waals surface area (Å²) in [5, 5.41) is 1.03. The molecule has 0 aliphatic carbocycles. The van der Waals surface area contributed by atoms with Gasteiger partial charge in [0.15, 0.2) is 0 Å². The molecule has 0 aliphatic rings. The molecule has 0 amide bonds. The zero-order chi connectivity index (χ0) is 9.68. The third kappa shape index (κ3) is 2.49. The monoisotopic (exact) mass is 195 g/mol. The maximum Gasteiger partial charge on any atom is 0.119 e. The SMILES string of the molecule is CN=C(SC)c1cccc(OC)c1. The Balaban J connectivity index is 3.00. The third-order valence-corrected chi connectivity index (χ3v) is 2.52. The van der Waals surface area contributed by atoms with Gasteiger partial charge < -0.3 is 4.74 Å². The smallest absolute Gasteiger partial charge is 0.119 e. The average molecular weight is 195 g/mol. The molecule has 0 spiro atoms. The maximum absolute atomic E-state index is 5.13. The highest BCUT2D eigenvalue weighted by Crippen LogP contribution is 2.17. The zero-order valence-electron chi connectivity index (χ0n) is 8.07. The fraction of sp³-hybridized carbons (Fsp3) is 0.300. The molecule has 1 aromatic rings. The standard InChI is InChI=1S/C10H13NOS/c1-11-10(13-3)8-5-4-6-9(7-8)12-2/h4-7H,1-3H3. The molecule has 0 N–H and O–H groups in total. The van der Waals surface area contributed by atoms with E-state index in [0.717, 1.165) is 16.4 Å². The molecule has 0 aromatic heterocycles. The lowest BCUT2D eigenvalue weighted by atomic mass is 10.2. The van der Waals surface area contributed by atoms with Crippen molar-refractivity contribution in [3.05, 3.63) is 29.8 Å². The van der Waals surface area contributed by atoms with E-state index in [1.165, 1.54) is 0 Å². The van der Waals surface area contributed by atoms with Gasteiger partial charge in [-0.1, -0.05) is 12.1 Å². The van der Waals surface area contributed by atoms with Crippen LogP contribution in [0.15, 0.2) is 29.3 Å². The molecule has 2 nitrogen and oxygen atoms in total. The molecule has 0 saturated heterocycles. The van der Waals surface area contributed by atoms with Gasteiger partial charge in [-0.3, -0.25) is 4.99 Å². The molecule has 0 radical (unpaired) electrons. The molecular weight excluding hydrogens is 182 g/mol. The van der Waals surface area contributed by atoms with E-state index in [1.807, 2.05) is 30.5 Å². The van der Waals surface area contributed by atoms with Gasteiger partial charge in [-0.05, 0) is 18.4 Å². The van der Waals surface area contributed by atoms with E-state index in [-0.39, 0.29) is 0 Å². The Morgan fingerprint density at radius 2 is 2.23 bits per heavy atom. The number of benzene rings is 1. The van der Waals surface area contributed by atoms with Gasteiger partial charge in [0.25, 0.3) is 0 Å². The zero-order valence-corrected chi connectivity index (χ0v) is 8.89. The van der Waals surface area contributed by atoms with Crippen LogP contribution in [0.5, 0.6) is 5.75 Å². The van der Waals surface area contributed by atoms with Gasteiger partial charge in [-0.25, -0.2) is 0 Å². The highest BCUT2D eigenvalue weighted by molar-refractivity contribution is 8.13. The predicted octanol–water partition coefficient (Wildman–Crippen LogP) is 2.43. The van der Waals surface area contributed by atoms with Gasteiger partial charge in [-0.2, -0.15) is 0 Å². The van der Waals surface area contributed by atoms with Crippen LogP contribution in [0.25, 0.3) is 0 Å². The van der Waals surface area contributed by atoms with Gasteiger partial charge in [0.1, 0.15) is 5.75 Å². The Morgan fingerprint density at radius 3 is 2.77 bits per heavy atom. The summed E-state index contributed by atoms with van der Waals surface area (Å²) in [6.45, 7) is 0. The maximum atomic E-state index is 5.13. The first kappa shape index (κ1) is 10.1. The number of thioether (sulfide) groups is 1. The van der Waals surface area contributed by atoms with Crippen molar-refractivity contribution < 1.29 is 4.74 Å². The van der Waals surface area contributed by atoms with Crippen LogP contribution in [-0.4, -0.2) is 25.5 Å².